The zero-order chi connectivity index (χ0) is 38.9. The Kier molecular flexibility index (Phi) is 7.64. The standard InChI is InChI=1S/C53H32N4OS/c1-3-15-34(16-4-1)51-54-52(35-17-5-2-6-18-35)56-53(55-51)43-23-13-24-45-50(43)49-42-22-10-9-20-39(42)44(32-46(49)58-45)57(37-27-26-33-14-7-8-19-36(33)30-37)38-28-29-41-40-21-11-12-25-47(40)59-48(41)31-38/h1-32H. The van der Waals surface area contributed by atoms with E-state index in [1.54, 1.807) is 0 Å². The molecule has 0 fully saturated rings. The van der Waals surface area contributed by atoms with Crippen LogP contribution in [0.5, 0.6) is 0 Å². The maximum atomic E-state index is 6.90. The lowest BCUT2D eigenvalue weighted by Crippen LogP contribution is -2.10. The Balaban J connectivity index is 1.12. The van der Waals surface area contributed by atoms with Gasteiger partial charge in [-0.1, -0.05) is 152 Å². The van der Waals surface area contributed by atoms with Crippen molar-refractivity contribution in [1.82, 2.24) is 15.0 Å². The van der Waals surface area contributed by atoms with Crippen LogP contribution in [-0.4, -0.2) is 15.0 Å². The normalized spacial score (nSPS) is 11.7. The summed E-state index contributed by atoms with van der Waals surface area (Å²) in [6.07, 6.45) is 0. The van der Waals surface area contributed by atoms with Crippen LogP contribution in [0.3, 0.4) is 0 Å². The van der Waals surface area contributed by atoms with Crippen molar-refractivity contribution in [2.75, 3.05) is 4.90 Å². The molecule has 0 radical (unpaired) electrons. The molecule has 9 aromatic carbocycles. The van der Waals surface area contributed by atoms with Crippen molar-refractivity contribution in [2.24, 2.45) is 0 Å². The summed E-state index contributed by atoms with van der Waals surface area (Å²) in [6.45, 7) is 0. The number of hydrogen-bond acceptors (Lipinski definition) is 6. The molecular formula is C53H32N4OS. The van der Waals surface area contributed by atoms with E-state index in [0.29, 0.717) is 17.5 Å². The smallest absolute Gasteiger partial charge is 0.164 e. The van der Waals surface area contributed by atoms with Crippen LogP contribution in [0.4, 0.5) is 17.1 Å². The molecule has 0 unspecified atom stereocenters. The number of thiophene rings is 1. The summed E-state index contributed by atoms with van der Waals surface area (Å²) in [5.74, 6) is 1.83. The van der Waals surface area contributed by atoms with E-state index >= 15 is 0 Å². The summed E-state index contributed by atoms with van der Waals surface area (Å²) >= 11 is 1.83. The van der Waals surface area contributed by atoms with Gasteiger partial charge < -0.3 is 9.32 Å². The quantitative estimate of drug-likeness (QED) is 0.168. The van der Waals surface area contributed by atoms with Gasteiger partial charge in [0.2, 0.25) is 0 Å². The second-order valence-electron chi connectivity index (χ2n) is 14.8. The Labute approximate surface area is 343 Å². The Morgan fingerprint density at radius 2 is 1.00 bits per heavy atom. The number of fused-ring (bicyclic) bond motifs is 9. The minimum Gasteiger partial charge on any atom is -0.456 e. The van der Waals surface area contributed by atoms with Crippen LogP contribution in [-0.2, 0) is 0 Å². The zero-order valence-corrected chi connectivity index (χ0v) is 32.4. The highest BCUT2D eigenvalue weighted by molar-refractivity contribution is 7.25. The molecule has 0 aliphatic carbocycles. The molecule has 0 saturated carbocycles. The first kappa shape index (κ1) is 33.5. The molecule has 3 heterocycles. The summed E-state index contributed by atoms with van der Waals surface area (Å²) in [5.41, 5.74) is 7.47. The largest absolute Gasteiger partial charge is 0.456 e. The molecule has 59 heavy (non-hydrogen) atoms. The van der Waals surface area contributed by atoms with Crippen molar-refractivity contribution < 1.29 is 4.42 Å². The summed E-state index contributed by atoms with van der Waals surface area (Å²) in [5, 5.41) is 9.11. The van der Waals surface area contributed by atoms with E-state index in [-0.39, 0.29) is 0 Å². The highest BCUT2D eigenvalue weighted by Gasteiger charge is 2.24. The van der Waals surface area contributed by atoms with Crippen LogP contribution >= 0.6 is 11.3 Å². The fraction of sp³-hybridized carbons (Fsp3) is 0. The highest BCUT2D eigenvalue weighted by atomic mass is 32.1. The van der Waals surface area contributed by atoms with Gasteiger partial charge in [0, 0.05) is 70.5 Å². The van der Waals surface area contributed by atoms with E-state index in [4.69, 9.17) is 19.4 Å². The lowest BCUT2D eigenvalue weighted by atomic mass is 9.98. The third-order valence-corrected chi connectivity index (χ3v) is 12.4. The molecule has 0 saturated heterocycles. The minimum atomic E-state index is 0.591. The Hall–Kier alpha value is -7.67. The molecule has 0 amide bonds. The molecule has 0 aliphatic heterocycles. The van der Waals surface area contributed by atoms with Gasteiger partial charge in [0.1, 0.15) is 11.2 Å². The SMILES string of the molecule is c1ccc(-c2nc(-c3ccccc3)nc(-c3cccc4oc5cc(N(c6ccc7ccccc7c6)c6ccc7c(c6)sc6ccccc67)c6ccccc6c5c34)n2)cc1. The van der Waals surface area contributed by atoms with Gasteiger partial charge in [-0.05, 0) is 52.6 Å². The van der Waals surface area contributed by atoms with Crippen molar-refractivity contribution in [3.8, 4) is 34.2 Å². The van der Waals surface area contributed by atoms with Gasteiger partial charge in [-0.2, -0.15) is 0 Å². The number of aromatic nitrogens is 3. The molecule has 12 aromatic rings. The first-order chi connectivity index (χ1) is 29.2. The van der Waals surface area contributed by atoms with Gasteiger partial charge in [0.15, 0.2) is 17.5 Å². The van der Waals surface area contributed by atoms with Crippen molar-refractivity contribution >= 4 is 92.1 Å². The summed E-state index contributed by atoms with van der Waals surface area (Å²) in [6, 6.07) is 68.0. The van der Waals surface area contributed by atoms with Gasteiger partial charge in [-0.25, -0.2) is 15.0 Å². The summed E-state index contributed by atoms with van der Waals surface area (Å²) in [7, 11) is 0. The predicted molar refractivity (Wildman–Crippen MR) is 246 cm³/mol. The number of hydrogen-bond donors (Lipinski definition) is 0. The summed E-state index contributed by atoms with van der Waals surface area (Å²) in [4.78, 5) is 17.6. The molecule has 5 nitrogen and oxygen atoms in total. The maximum absolute atomic E-state index is 6.90. The van der Waals surface area contributed by atoms with Crippen LogP contribution < -0.4 is 4.90 Å². The third kappa shape index (κ3) is 5.57. The van der Waals surface area contributed by atoms with E-state index in [1.807, 2.05) is 84.1 Å². The zero-order valence-electron chi connectivity index (χ0n) is 31.6. The number of nitrogens with zero attached hydrogens (tertiary/aromatic N) is 4. The molecule has 12 rings (SSSR count). The molecule has 0 bridgehead atoms. The van der Waals surface area contributed by atoms with Crippen molar-refractivity contribution in [1.29, 1.82) is 0 Å². The Morgan fingerprint density at radius 3 is 1.78 bits per heavy atom. The fourth-order valence-corrected chi connectivity index (χ4v) is 9.70. The van der Waals surface area contributed by atoms with Crippen LogP contribution in [0, 0.1) is 0 Å². The minimum absolute atomic E-state index is 0.591. The van der Waals surface area contributed by atoms with Gasteiger partial charge in [-0.3, -0.25) is 0 Å². The van der Waals surface area contributed by atoms with Crippen LogP contribution in [0.1, 0.15) is 0 Å². The van der Waals surface area contributed by atoms with Crippen molar-refractivity contribution in [3.05, 3.63) is 194 Å². The third-order valence-electron chi connectivity index (χ3n) is 11.3. The number of rotatable bonds is 6. The highest BCUT2D eigenvalue weighted by Crippen LogP contribution is 2.48. The van der Waals surface area contributed by atoms with Crippen LogP contribution in [0.25, 0.3) is 97.8 Å². The average molecular weight is 773 g/mol. The second kappa shape index (κ2) is 13.5. The first-order valence-corrected chi connectivity index (χ1v) is 20.5. The van der Waals surface area contributed by atoms with E-state index in [1.165, 1.54) is 30.9 Å². The van der Waals surface area contributed by atoms with Gasteiger partial charge in [0.05, 0.1) is 5.69 Å². The van der Waals surface area contributed by atoms with E-state index in [9.17, 15) is 0 Å². The first-order valence-electron chi connectivity index (χ1n) is 19.7. The molecule has 276 valence electrons. The lowest BCUT2D eigenvalue weighted by Gasteiger charge is -2.27. The molecule has 0 aliphatic rings. The lowest BCUT2D eigenvalue weighted by molar-refractivity contribution is 0.669. The Morgan fingerprint density at radius 1 is 0.390 bits per heavy atom. The topological polar surface area (TPSA) is 55.1 Å². The molecule has 6 heteroatoms. The fourth-order valence-electron chi connectivity index (χ4n) is 8.56. The monoisotopic (exact) mass is 772 g/mol. The van der Waals surface area contributed by atoms with Crippen LogP contribution in [0.2, 0.25) is 0 Å². The van der Waals surface area contributed by atoms with Gasteiger partial charge >= 0.3 is 0 Å². The van der Waals surface area contributed by atoms with Crippen molar-refractivity contribution in [2.45, 2.75) is 0 Å². The van der Waals surface area contributed by atoms with Gasteiger partial charge in [0.25, 0.3) is 0 Å². The van der Waals surface area contributed by atoms with E-state index in [0.717, 1.165) is 66.5 Å². The predicted octanol–water partition coefficient (Wildman–Crippen LogP) is 14.9. The van der Waals surface area contributed by atoms with Crippen LogP contribution in [0.15, 0.2) is 199 Å². The number of furan rings is 1. The average Bonchev–Trinajstić information content (AvgIpc) is 3.88. The number of anilines is 3. The van der Waals surface area contributed by atoms with E-state index < -0.39 is 0 Å². The second-order valence-corrected chi connectivity index (χ2v) is 15.9. The van der Waals surface area contributed by atoms with E-state index in [2.05, 4.69) is 126 Å². The van der Waals surface area contributed by atoms with Gasteiger partial charge in [-0.15, -0.1) is 11.3 Å². The maximum Gasteiger partial charge on any atom is 0.164 e. The molecule has 0 atom stereocenters. The molecule has 0 spiro atoms. The van der Waals surface area contributed by atoms with Crippen molar-refractivity contribution in [3.63, 3.8) is 0 Å². The summed E-state index contributed by atoms with van der Waals surface area (Å²) < 4.78 is 9.43. The molecule has 3 aromatic heterocycles. The molecule has 0 N–H and O–H groups in total. The number of benzene rings is 9. The molecular weight excluding hydrogens is 741 g/mol. The Bertz CT molecular complexity index is 3520.